The lowest BCUT2D eigenvalue weighted by molar-refractivity contribution is 0.479. The Hall–Kier alpha value is 0.210. The van der Waals surface area contributed by atoms with Crippen molar-refractivity contribution in [2.24, 2.45) is 11.5 Å². The van der Waals surface area contributed by atoms with Crippen molar-refractivity contribution in [1.82, 2.24) is 0 Å². The third-order valence-electron chi connectivity index (χ3n) is 0.907. The van der Waals surface area contributed by atoms with Crippen molar-refractivity contribution in [3.63, 3.8) is 0 Å². The molecule has 4 N–H and O–H groups in total. The van der Waals surface area contributed by atoms with Gasteiger partial charge in [-0.2, -0.15) is 0 Å². The van der Waals surface area contributed by atoms with Crippen LogP contribution in [0.1, 0.15) is 13.3 Å². The van der Waals surface area contributed by atoms with Crippen LogP contribution in [0.5, 0.6) is 0 Å². The standard InChI is InChI=1S/C4H11ClN2/c1-2-4(6,7)3-5/h2-3,6-7H2,1H3. The minimum absolute atomic E-state index is 0.323. The Bertz CT molecular complexity index is 47.7. The molecule has 0 amide bonds. The van der Waals surface area contributed by atoms with E-state index < -0.39 is 5.66 Å². The summed E-state index contributed by atoms with van der Waals surface area (Å²) in [5, 5.41) is 0. The first kappa shape index (κ1) is 7.21. The summed E-state index contributed by atoms with van der Waals surface area (Å²) in [4.78, 5) is 0. The lowest BCUT2D eigenvalue weighted by Crippen LogP contribution is -2.50. The Morgan fingerprint density at radius 3 is 2.00 bits per heavy atom. The first-order valence-electron chi connectivity index (χ1n) is 2.26. The topological polar surface area (TPSA) is 52.0 Å². The third-order valence-corrected chi connectivity index (χ3v) is 1.40. The van der Waals surface area contributed by atoms with Crippen molar-refractivity contribution in [2.45, 2.75) is 19.0 Å². The predicted octanol–water partition coefficient (Wildman–Crippen LogP) is 0.249. The van der Waals surface area contributed by atoms with Gasteiger partial charge in [-0.15, -0.1) is 11.6 Å². The van der Waals surface area contributed by atoms with E-state index in [4.69, 9.17) is 23.1 Å². The van der Waals surface area contributed by atoms with Crippen LogP contribution in [0.25, 0.3) is 0 Å². The molecule has 7 heavy (non-hydrogen) atoms. The molecule has 0 bridgehead atoms. The summed E-state index contributed by atoms with van der Waals surface area (Å²) >= 11 is 5.34. The molecule has 3 heteroatoms. The largest absolute Gasteiger partial charge is 0.313 e. The van der Waals surface area contributed by atoms with Gasteiger partial charge in [0.15, 0.2) is 0 Å². The first-order chi connectivity index (χ1) is 3.12. The van der Waals surface area contributed by atoms with Crippen molar-refractivity contribution >= 4 is 11.6 Å². The second-order valence-corrected chi connectivity index (χ2v) is 1.99. The minimum atomic E-state index is -0.651. The van der Waals surface area contributed by atoms with Crippen LogP contribution in [0.2, 0.25) is 0 Å². The van der Waals surface area contributed by atoms with Gasteiger partial charge in [0.25, 0.3) is 0 Å². The molecule has 0 saturated heterocycles. The minimum Gasteiger partial charge on any atom is -0.313 e. The van der Waals surface area contributed by atoms with Crippen LogP contribution in [-0.4, -0.2) is 11.5 Å². The van der Waals surface area contributed by atoms with Crippen LogP contribution in [0, 0.1) is 0 Å². The van der Waals surface area contributed by atoms with E-state index >= 15 is 0 Å². The molecule has 0 radical (unpaired) electrons. The average Bonchev–Trinajstić information content (AvgIpc) is 1.68. The summed E-state index contributed by atoms with van der Waals surface area (Å²) in [6.45, 7) is 1.91. The summed E-state index contributed by atoms with van der Waals surface area (Å²) < 4.78 is 0. The maximum absolute atomic E-state index is 5.36. The van der Waals surface area contributed by atoms with Crippen LogP contribution in [-0.2, 0) is 0 Å². The van der Waals surface area contributed by atoms with Gasteiger partial charge in [0, 0.05) is 0 Å². The molecule has 0 fully saturated rings. The maximum Gasteiger partial charge on any atom is 0.0772 e. The highest BCUT2D eigenvalue weighted by molar-refractivity contribution is 6.18. The van der Waals surface area contributed by atoms with E-state index in [0.717, 1.165) is 6.42 Å². The Morgan fingerprint density at radius 2 is 2.00 bits per heavy atom. The molecule has 2 nitrogen and oxygen atoms in total. The third kappa shape index (κ3) is 2.85. The second-order valence-electron chi connectivity index (χ2n) is 1.72. The molecule has 0 saturated carbocycles. The maximum atomic E-state index is 5.36. The molecule has 0 aromatic carbocycles. The van der Waals surface area contributed by atoms with Crippen molar-refractivity contribution in [3.05, 3.63) is 0 Å². The zero-order valence-corrected chi connectivity index (χ0v) is 5.20. The van der Waals surface area contributed by atoms with Gasteiger partial charge in [-0.25, -0.2) is 0 Å². The van der Waals surface area contributed by atoms with Gasteiger partial charge in [0.05, 0.1) is 11.5 Å². The molecule has 0 spiro atoms. The van der Waals surface area contributed by atoms with Gasteiger partial charge in [0.1, 0.15) is 0 Å². The molecule has 0 atom stereocenters. The van der Waals surface area contributed by atoms with Gasteiger partial charge in [0.2, 0.25) is 0 Å². The molecule has 0 rings (SSSR count). The zero-order chi connectivity index (χ0) is 5.91. The van der Waals surface area contributed by atoms with Gasteiger partial charge in [-0.1, -0.05) is 6.92 Å². The fourth-order valence-corrected chi connectivity index (χ4v) is 0.283. The molecular weight excluding hydrogens is 112 g/mol. The normalized spacial score (nSPS) is 12.0. The van der Waals surface area contributed by atoms with Crippen molar-refractivity contribution in [3.8, 4) is 0 Å². The lowest BCUT2D eigenvalue weighted by atomic mass is 10.2. The zero-order valence-electron chi connectivity index (χ0n) is 4.45. The van der Waals surface area contributed by atoms with Crippen molar-refractivity contribution < 1.29 is 0 Å². The molecule has 0 heterocycles. The van der Waals surface area contributed by atoms with Gasteiger partial charge < -0.3 is 11.5 Å². The number of halogens is 1. The molecule has 0 aromatic heterocycles. The van der Waals surface area contributed by atoms with Crippen LogP contribution in [0.4, 0.5) is 0 Å². The molecule has 0 aromatic rings. The predicted molar refractivity (Wildman–Crippen MR) is 32.1 cm³/mol. The fraction of sp³-hybridized carbons (Fsp3) is 1.00. The lowest BCUT2D eigenvalue weighted by Gasteiger charge is -2.17. The molecular formula is C4H11ClN2. The summed E-state index contributed by atoms with van der Waals surface area (Å²) in [6, 6.07) is 0. The highest BCUT2D eigenvalue weighted by Crippen LogP contribution is 1.97. The van der Waals surface area contributed by atoms with Crippen LogP contribution >= 0.6 is 11.6 Å². The summed E-state index contributed by atoms with van der Waals surface area (Å²) in [6.07, 6.45) is 0.719. The number of nitrogens with two attached hydrogens (primary N) is 2. The van der Waals surface area contributed by atoms with Crippen LogP contribution < -0.4 is 11.5 Å². The van der Waals surface area contributed by atoms with E-state index in [-0.39, 0.29) is 0 Å². The molecule has 0 unspecified atom stereocenters. The second kappa shape index (κ2) is 2.50. The van der Waals surface area contributed by atoms with E-state index in [1.165, 1.54) is 0 Å². The molecule has 0 aliphatic carbocycles. The first-order valence-corrected chi connectivity index (χ1v) is 2.79. The number of rotatable bonds is 2. The van der Waals surface area contributed by atoms with E-state index in [2.05, 4.69) is 0 Å². The number of alkyl halides is 1. The smallest absolute Gasteiger partial charge is 0.0772 e. The highest BCUT2D eigenvalue weighted by atomic mass is 35.5. The van der Waals surface area contributed by atoms with E-state index in [0.29, 0.717) is 5.88 Å². The quantitative estimate of drug-likeness (QED) is 0.408. The van der Waals surface area contributed by atoms with Crippen LogP contribution in [0.15, 0.2) is 0 Å². The van der Waals surface area contributed by atoms with Crippen molar-refractivity contribution in [2.75, 3.05) is 5.88 Å². The Kier molecular flexibility index (Phi) is 2.58. The summed E-state index contributed by atoms with van der Waals surface area (Å²) in [5.74, 6) is 0.323. The van der Waals surface area contributed by atoms with Gasteiger partial charge in [-0.3, -0.25) is 0 Å². The molecule has 0 aliphatic rings. The summed E-state index contributed by atoms with van der Waals surface area (Å²) in [5.41, 5.74) is 10.1. The van der Waals surface area contributed by atoms with Crippen molar-refractivity contribution in [1.29, 1.82) is 0 Å². The monoisotopic (exact) mass is 122 g/mol. The Morgan fingerprint density at radius 1 is 1.57 bits per heavy atom. The van der Waals surface area contributed by atoms with E-state index in [9.17, 15) is 0 Å². The Balaban J connectivity index is 3.36. The van der Waals surface area contributed by atoms with E-state index in [1.807, 2.05) is 6.92 Å². The van der Waals surface area contributed by atoms with Gasteiger partial charge >= 0.3 is 0 Å². The highest BCUT2D eigenvalue weighted by Gasteiger charge is 2.12. The van der Waals surface area contributed by atoms with Gasteiger partial charge in [-0.05, 0) is 6.42 Å². The number of hydrogen-bond donors (Lipinski definition) is 2. The summed E-state index contributed by atoms with van der Waals surface area (Å²) in [7, 11) is 0. The number of hydrogen-bond acceptors (Lipinski definition) is 2. The fourth-order valence-electron chi connectivity index (χ4n) is 0.0945. The van der Waals surface area contributed by atoms with E-state index in [1.54, 1.807) is 0 Å². The van der Waals surface area contributed by atoms with Crippen LogP contribution in [0.3, 0.4) is 0 Å². The Labute approximate surface area is 48.8 Å². The molecule has 44 valence electrons. The average molecular weight is 123 g/mol. The molecule has 0 aliphatic heterocycles. The SMILES string of the molecule is CCC(N)(N)CCl.